The van der Waals surface area contributed by atoms with Crippen molar-refractivity contribution in [1.82, 2.24) is 4.90 Å². The second-order valence-electron chi connectivity index (χ2n) is 6.62. The van der Waals surface area contributed by atoms with Crippen molar-refractivity contribution in [2.75, 3.05) is 26.2 Å². The lowest BCUT2D eigenvalue weighted by Crippen LogP contribution is -2.25. The molecule has 3 nitrogen and oxygen atoms in total. The van der Waals surface area contributed by atoms with E-state index in [1.807, 2.05) is 24.3 Å². The molecule has 1 heterocycles. The summed E-state index contributed by atoms with van der Waals surface area (Å²) in [5.41, 5.74) is 2.12. The maximum absolute atomic E-state index is 12.6. The molecule has 1 aliphatic rings. The van der Waals surface area contributed by atoms with Gasteiger partial charge in [-0.3, -0.25) is 4.79 Å². The highest BCUT2D eigenvalue weighted by Crippen LogP contribution is 2.49. The number of ether oxygens (including phenoxy) is 1. The summed E-state index contributed by atoms with van der Waals surface area (Å²) in [6.07, 6.45) is 2.01. The van der Waals surface area contributed by atoms with Crippen LogP contribution in [-0.2, 0) is 0 Å². The maximum Gasteiger partial charge on any atom is 0.166 e. The molecule has 134 valence electrons. The van der Waals surface area contributed by atoms with Gasteiger partial charge < -0.3 is 9.64 Å². The molecule has 0 N–H and O–H groups in total. The van der Waals surface area contributed by atoms with Crippen molar-refractivity contribution in [3.05, 3.63) is 52.2 Å². The van der Waals surface area contributed by atoms with Crippen LogP contribution in [0.15, 0.2) is 41.1 Å². The molecule has 0 bridgehead atoms. The van der Waals surface area contributed by atoms with E-state index in [1.165, 1.54) is 5.56 Å². The van der Waals surface area contributed by atoms with Gasteiger partial charge in [-0.15, -0.1) is 0 Å². The van der Waals surface area contributed by atoms with Gasteiger partial charge in [-0.1, -0.05) is 13.8 Å². The van der Waals surface area contributed by atoms with Crippen molar-refractivity contribution in [3.63, 3.8) is 0 Å². The smallest absolute Gasteiger partial charge is 0.166 e. The predicted octanol–water partition coefficient (Wildman–Crippen LogP) is 4.85. The van der Waals surface area contributed by atoms with Crippen molar-refractivity contribution < 1.29 is 9.53 Å². The number of carbonyl (C=O) groups excluding carboxylic acids is 1. The Morgan fingerprint density at radius 2 is 1.96 bits per heavy atom. The van der Waals surface area contributed by atoms with Crippen molar-refractivity contribution in [2.24, 2.45) is 5.92 Å². The molecular formula is C21H27NO2S. The number of Topliss-reactive ketones (excluding diaryl/α,β-unsaturated/α-hetero) is 1. The third kappa shape index (κ3) is 4.71. The molecule has 1 aromatic carbocycles. The lowest BCUT2D eigenvalue weighted by Gasteiger charge is -2.17. The topological polar surface area (TPSA) is 29.5 Å². The van der Waals surface area contributed by atoms with Crippen LogP contribution in [0.5, 0.6) is 5.75 Å². The van der Waals surface area contributed by atoms with Crippen LogP contribution in [0.4, 0.5) is 0 Å². The van der Waals surface area contributed by atoms with Gasteiger partial charge >= 0.3 is 0 Å². The Kier molecular flexibility index (Phi) is 6.27. The zero-order chi connectivity index (χ0) is 17.6. The highest BCUT2D eigenvalue weighted by atomic mass is 32.1. The molecule has 2 atom stereocenters. The Hall–Kier alpha value is -1.65. The molecule has 3 rings (SSSR count). The van der Waals surface area contributed by atoms with Crippen LogP contribution >= 0.6 is 11.3 Å². The summed E-state index contributed by atoms with van der Waals surface area (Å²) in [5.74, 6) is 1.70. The number of hydrogen-bond acceptors (Lipinski definition) is 4. The first-order chi connectivity index (χ1) is 12.2. The molecule has 0 aliphatic heterocycles. The lowest BCUT2D eigenvalue weighted by molar-refractivity contribution is 0.0965. The van der Waals surface area contributed by atoms with E-state index < -0.39 is 0 Å². The van der Waals surface area contributed by atoms with Gasteiger partial charge in [0.15, 0.2) is 5.78 Å². The minimum Gasteiger partial charge on any atom is -0.494 e. The molecule has 1 fully saturated rings. The largest absolute Gasteiger partial charge is 0.494 e. The fourth-order valence-electron chi connectivity index (χ4n) is 3.29. The van der Waals surface area contributed by atoms with Crippen molar-refractivity contribution >= 4 is 17.1 Å². The van der Waals surface area contributed by atoms with E-state index in [2.05, 4.69) is 35.6 Å². The minimum absolute atomic E-state index is 0.162. The molecule has 1 aliphatic carbocycles. The first-order valence-electron chi connectivity index (χ1n) is 9.24. The summed E-state index contributed by atoms with van der Waals surface area (Å²) in [7, 11) is 0. The molecule has 1 aromatic heterocycles. The molecule has 0 spiro atoms. The number of benzene rings is 1. The van der Waals surface area contributed by atoms with Gasteiger partial charge in [0, 0.05) is 18.0 Å². The average Bonchev–Trinajstić information content (AvgIpc) is 3.26. The first kappa shape index (κ1) is 18.2. The van der Waals surface area contributed by atoms with Crippen LogP contribution in [0, 0.1) is 5.92 Å². The third-order valence-corrected chi connectivity index (χ3v) is 5.72. The van der Waals surface area contributed by atoms with Gasteiger partial charge in [-0.2, -0.15) is 11.3 Å². The SMILES string of the molecule is CCN(CC)CCCOc1ccc(C(=O)[C@@H]2C[C@H]2c2ccsc2)cc1. The Morgan fingerprint density at radius 3 is 2.60 bits per heavy atom. The second kappa shape index (κ2) is 8.63. The Bertz CT molecular complexity index is 662. The van der Waals surface area contributed by atoms with E-state index in [-0.39, 0.29) is 11.7 Å². The number of thiophene rings is 1. The monoisotopic (exact) mass is 357 g/mol. The van der Waals surface area contributed by atoms with Crippen molar-refractivity contribution in [3.8, 4) is 5.75 Å². The average molecular weight is 358 g/mol. The van der Waals surface area contributed by atoms with Crippen LogP contribution in [-0.4, -0.2) is 36.9 Å². The predicted molar refractivity (Wildman–Crippen MR) is 104 cm³/mol. The van der Waals surface area contributed by atoms with Crippen LogP contribution in [0.2, 0.25) is 0 Å². The number of hydrogen-bond donors (Lipinski definition) is 0. The van der Waals surface area contributed by atoms with E-state index >= 15 is 0 Å². The standard InChI is InChI=1S/C21H27NO2S/c1-3-22(4-2)11-5-12-24-18-8-6-16(7-9-18)21(23)20-14-19(20)17-10-13-25-15-17/h6-10,13,15,19-20H,3-5,11-12,14H2,1-2H3/t19-,20+/m0/s1. The molecule has 0 amide bonds. The number of carbonyl (C=O) groups is 1. The number of rotatable bonds is 10. The highest BCUT2D eigenvalue weighted by Gasteiger charge is 2.44. The fraction of sp³-hybridized carbons (Fsp3) is 0.476. The van der Waals surface area contributed by atoms with Crippen molar-refractivity contribution in [1.29, 1.82) is 0 Å². The highest BCUT2D eigenvalue weighted by molar-refractivity contribution is 7.08. The van der Waals surface area contributed by atoms with Gasteiger partial charge in [-0.05, 0) is 78.5 Å². The molecule has 0 radical (unpaired) electrons. The van der Waals surface area contributed by atoms with Gasteiger partial charge in [0.25, 0.3) is 0 Å². The van der Waals surface area contributed by atoms with E-state index in [9.17, 15) is 4.79 Å². The van der Waals surface area contributed by atoms with E-state index in [0.29, 0.717) is 12.5 Å². The van der Waals surface area contributed by atoms with Crippen LogP contribution in [0.1, 0.15) is 48.5 Å². The summed E-state index contributed by atoms with van der Waals surface area (Å²) in [6.45, 7) is 8.31. The molecule has 0 unspecified atom stereocenters. The zero-order valence-electron chi connectivity index (χ0n) is 15.1. The van der Waals surface area contributed by atoms with E-state index in [4.69, 9.17) is 4.74 Å². The van der Waals surface area contributed by atoms with Gasteiger partial charge in [-0.25, -0.2) is 0 Å². The Morgan fingerprint density at radius 1 is 1.20 bits per heavy atom. The van der Waals surface area contributed by atoms with E-state index in [1.54, 1.807) is 11.3 Å². The molecular weight excluding hydrogens is 330 g/mol. The van der Waals surface area contributed by atoms with E-state index in [0.717, 1.165) is 43.8 Å². The van der Waals surface area contributed by atoms with Gasteiger partial charge in [0.05, 0.1) is 6.61 Å². The van der Waals surface area contributed by atoms with Gasteiger partial charge in [0.2, 0.25) is 0 Å². The maximum atomic E-state index is 12.6. The summed E-state index contributed by atoms with van der Waals surface area (Å²) in [5, 5.41) is 4.24. The second-order valence-corrected chi connectivity index (χ2v) is 7.40. The van der Waals surface area contributed by atoms with Crippen molar-refractivity contribution in [2.45, 2.75) is 32.6 Å². The summed E-state index contributed by atoms with van der Waals surface area (Å²) in [6, 6.07) is 9.80. The first-order valence-corrected chi connectivity index (χ1v) is 10.2. The normalized spacial score (nSPS) is 19.2. The summed E-state index contributed by atoms with van der Waals surface area (Å²) in [4.78, 5) is 15.0. The Balaban J connectivity index is 1.45. The summed E-state index contributed by atoms with van der Waals surface area (Å²) < 4.78 is 5.80. The molecule has 25 heavy (non-hydrogen) atoms. The van der Waals surface area contributed by atoms with Gasteiger partial charge in [0.1, 0.15) is 5.75 Å². The van der Waals surface area contributed by atoms with Crippen LogP contribution < -0.4 is 4.74 Å². The van der Waals surface area contributed by atoms with Crippen LogP contribution in [0.25, 0.3) is 0 Å². The lowest BCUT2D eigenvalue weighted by atomic mass is 10.0. The third-order valence-electron chi connectivity index (χ3n) is 5.02. The molecule has 4 heteroatoms. The molecule has 2 aromatic rings. The summed E-state index contributed by atoms with van der Waals surface area (Å²) >= 11 is 1.70. The Labute approximate surface area is 154 Å². The molecule has 1 saturated carbocycles. The quantitative estimate of drug-likeness (QED) is 0.450. The van der Waals surface area contributed by atoms with Crippen LogP contribution in [0.3, 0.4) is 0 Å². The zero-order valence-corrected chi connectivity index (χ0v) is 15.9. The number of ketones is 1. The number of nitrogens with zero attached hydrogens (tertiary/aromatic N) is 1. The molecule has 0 saturated heterocycles. The fourth-order valence-corrected chi connectivity index (χ4v) is 4.01. The minimum atomic E-state index is 0.162.